The van der Waals surface area contributed by atoms with Gasteiger partial charge in [-0.2, -0.15) is 5.10 Å². The van der Waals surface area contributed by atoms with E-state index >= 15 is 0 Å². The maximum atomic E-state index is 13.0. The van der Waals surface area contributed by atoms with E-state index in [0.717, 1.165) is 5.69 Å². The van der Waals surface area contributed by atoms with Crippen LogP contribution in [0.25, 0.3) is 11.0 Å². The normalized spacial score (nSPS) is 11.2. The summed E-state index contributed by atoms with van der Waals surface area (Å²) < 4.78 is 6.55. The van der Waals surface area contributed by atoms with Crippen molar-refractivity contribution in [3.8, 4) is 0 Å². The number of benzene rings is 1. The van der Waals surface area contributed by atoms with Gasteiger partial charge in [-0.25, -0.2) is 14.5 Å². The topological polar surface area (TPSA) is 86.1 Å². The molecule has 7 nitrogen and oxygen atoms in total. The van der Waals surface area contributed by atoms with Crippen molar-refractivity contribution in [2.75, 3.05) is 12.4 Å². The van der Waals surface area contributed by atoms with Crippen LogP contribution in [0.4, 0.5) is 5.69 Å². The number of nitrogens with zero attached hydrogens (tertiary/aromatic N) is 3. The van der Waals surface area contributed by atoms with Crippen molar-refractivity contribution in [1.29, 1.82) is 0 Å². The summed E-state index contributed by atoms with van der Waals surface area (Å²) in [6.07, 6.45) is 1.67. The zero-order valence-corrected chi connectivity index (χ0v) is 16.7. The van der Waals surface area contributed by atoms with E-state index in [1.54, 1.807) is 36.5 Å². The number of fused-ring (bicyclic) bond motifs is 1. The molecule has 2 aromatic heterocycles. The Morgan fingerprint density at radius 1 is 1.14 bits per heavy atom. The molecular formula is C21H24N4O3. The molecule has 0 spiro atoms. The molecule has 1 N–H and O–H groups in total. The summed E-state index contributed by atoms with van der Waals surface area (Å²) >= 11 is 0. The predicted octanol–water partition coefficient (Wildman–Crippen LogP) is 4.17. The Morgan fingerprint density at radius 2 is 1.89 bits per heavy atom. The SMILES string of the molecule is COC(=O)c1cccc(NC(=O)c2cc(C(C)C)nc3c2cnn3C(C)C)c1. The third kappa shape index (κ3) is 3.74. The van der Waals surface area contributed by atoms with Crippen LogP contribution in [0.5, 0.6) is 0 Å². The zero-order chi connectivity index (χ0) is 20.4. The Hall–Kier alpha value is -3.22. The van der Waals surface area contributed by atoms with E-state index in [0.29, 0.717) is 27.8 Å². The number of amides is 1. The highest BCUT2D eigenvalue weighted by Crippen LogP contribution is 2.25. The lowest BCUT2D eigenvalue weighted by Crippen LogP contribution is -2.14. The van der Waals surface area contributed by atoms with Crippen molar-refractivity contribution in [3.63, 3.8) is 0 Å². The molecule has 0 aliphatic carbocycles. The maximum Gasteiger partial charge on any atom is 0.337 e. The quantitative estimate of drug-likeness (QED) is 0.671. The van der Waals surface area contributed by atoms with E-state index in [1.807, 2.05) is 32.4 Å². The molecule has 1 aromatic carbocycles. The highest BCUT2D eigenvalue weighted by atomic mass is 16.5. The van der Waals surface area contributed by atoms with Gasteiger partial charge in [0.05, 0.1) is 29.8 Å². The fourth-order valence-corrected chi connectivity index (χ4v) is 2.94. The number of esters is 1. The van der Waals surface area contributed by atoms with Gasteiger partial charge in [0.15, 0.2) is 5.65 Å². The van der Waals surface area contributed by atoms with Crippen LogP contribution >= 0.6 is 0 Å². The number of methoxy groups -OCH3 is 1. The van der Waals surface area contributed by atoms with Crippen molar-refractivity contribution in [2.24, 2.45) is 0 Å². The smallest absolute Gasteiger partial charge is 0.337 e. The van der Waals surface area contributed by atoms with Gasteiger partial charge in [0.1, 0.15) is 0 Å². The molecule has 146 valence electrons. The van der Waals surface area contributed by atoms with E-state index in [2.05, 4.69) is 10.4 Å². The van der Waals surface area contributed by atoms with Gasteiger partial charge in [0, 0.05) is 17.4 Å². The van der Waals surface area contributed by atoms with Crippen LogP contribution in [0, 0.1) is 0 Å². The van der Waals surface area contributed by atoms with Crippen molar-refractivity contribution >= 4 is 28.6 Å². The Morgan fingerprint density at radius 3 is 2.54 bits per heavy atom. The molecule has 0 bridgehead atoms. The number of carbonyl (C=O) groups is 2. The first kappa shape index (κ1) is 19.5. The lowest BCUT2D eigenvalue weighted by molar-refractivity contribution is 0.0600. The highest BCUT2D eigenvalue weighted by Gasteiger charge is 2.19. The first-order valence-electron chi connectivity index (χ1n) is 9.19. The van der Waals surface area contributed by atoms with Gasteiger partial charge in [-0.1, -0.05) is 19.9 Å². The number of carbonyl (C=O) groups excluding carboxylic acids is 2. The maximum absolute atomic E-state index is 13.0. The van der Waals surface area contributed by atoms with Crippen molar-refractivity contribution in [2.45, 2.75) is 39.7 Å². The first-order chi connectivity index (χ1) is 13.3. The molecule has 2 heterocycles. The molecule has 0 radical (unpaired) electrons. The van der Waals surface area contributed by atoms with Gasteiger partial charge in [-0.15, -0.1) is 0 Å². The molecule has 0 saturated heterocycles. The monoisotopic (exact) mass is 380 g/mol. The first-order valence-corrected chi connectivity index (χ1v) is 9.19. The Bertz CT molecular complexity index is 1040. The minimum Gasteiger partial charge on any atom is -0.465 e. The van der Waals surface area contributed by atoms with Crippen LogP contribution in [0.2, 0.25) is 0 Å². The van der Waals surface area contributed by atoms with E-state index in [-0.39, 0.29) is 17.9 Å². The molecule has 0 aliphatic heterocycles. The van der Waals surface area contributed by atoms with Crippen LogP contribution in [-0.4, -0.2) is 33.8 Å². The van der Waals surface area contributed by atoms with E-state index < -0.39 is 5.97 Å². The molecule has 0 saturated carbocycles. The second-order valence-corrected chi connectivity index (χ2v) is 7.20. The molecule has 0 atom stereocenters. The number of rotatable bonds is 5. The molecule has 3 rings (SSSR count). The van der Waals surface area contributed by atoms with E-state index in [4.69, 9.17) is 9.72 Å². The predicted molar refractivity (Wildman–Crippen MR) is 108 cm³/mol. The number of ether oxygens (including phenoxy) is 1. The molecule has 7 heteroatoms. The average molecular weight is 380 g/mol. The summed E-state index contributed by atoms with van der Waals surface area (Å²) in [7, 11) is 1.32. The van der Waals surface area contributed by atoms with Gasteiger partial charge in [-0.05, 0) is 44.0 Å². The molecule has 3 aromatic rings. The molecule has 28 heavy (non-hydrogen) atoms. The van der Waals surface area contributed by atoms with Crippen LogP contribution in [0.1, 0.15) is 66.1 Å². The number of nitrogens with one attached hydrogen (secondary N) is 1. The second-order valence-electron chi connectivity index (χ2n) is 7.20. The van der Waals surface area contributed by atoms with Crippen LogP contribution in [0.15, 0.2) is 36.5 Å². The third-order valence-electron chi connectivity index (χ3n) is 4.45. The Balaban J connectivity index is 2.03. The minimum absolute atomic E-state index is 0.125. The standard InChI is InChI=1S/C21H24N4O3/c1-12(2)18-10-16(17-11-22-25(13(3)4)19(17)24-18)20(26)23-15-8-6-7-14(9-15)21(27)28-5/h6-13H,1-5H3,(H,23,26). The van der Waals surface area contributed by atoms with E-state index in [1.165, 1.54) is 7.11 Å². The van der Waals surface area contributed by atoms with Crippen LogP contribution < -0.4 is 5.32 Å². The third-order valence-corrected chi connectivity index (χ3v) is 4.45. The average Bonchev–Trinajstić information content (AvgIpc) is 3.10. The van der Waals surface area contributed by atoms with E-state index in [9.17, 15) is 9.59 Å². The largest absolute Gasteiger partial charge is 0.465 e. The van der Waals surface area contributed by atoms with Crippen molar-refractivity contribution in [1.82, 2.24) is 14.8 Å². The van der Waals surface area contributed by atoms with Crippen molar-refractivity contribution < 1.29 is 14.3 Å². The van der Waals surface area contributed by atoms with Gasteiger partial charge >= 0.3 is 5.97 Å². The summed E-state index contributed by atoms with van der Waals surface area (Å²) in [5.41, 5.74) is 2.90. The molecule has 0 unspecified atom stereocenters. The zero-order valence-electron chi connectivity index (χ0n) is 16.7. The summed E-state index contributed by atoms with van der Waals surface area (Å²) in [5.74, 6) is -0.573. The molecular weight excluding hydrogens is 356 g/mol. The number of hydrogen-bond donors (Lipinski definition) is 1. The highest BCUT2D eigenvalue weighted by molar-refractivity contribution is 6.12. The second kappa shape index (κ2) is 7.80. The van der Waals surface area contributed by atoms with Gasteiger partial charge in [0.25, 0.3) is 5.91 Å². The Labute approximate surface area is 163 Å². The van der Waals surface area contributed by atoms with Crippen LogP contribution in [0.3, 0.4) is 0 Å². The summed E-state index contributed by atoms with van der Waals surface area (Å²) in [5, 5.41) is 7.96. The summed E-state index contributed by atoms with van der Waals surface area (Å²) in [6, 6.07) is 8.57. The van der Waals surface area contributed by atoms with Gasteiger partial charge in [0.2, 0.25) is 0 Å². The molecule has 0 aliphatic rings. The summed E-state index contributed by atoms with van der Waals surface area (Å²) in [6.45, 7) is 8.11. The minimum atomic E-state index is -0.456. The fraction of sp³-hybridized carbons (Fsp3) is 0.333. The fourth-order valence-electron chi connectivity index (χ4n) is 2.94. The van der Waals surface area contributed by atoms with Crippen LogP contribution in [-0.2, 0) is 4.74 Å². The van der Waals surface area contributed by atoms with Gasteiger partial charge in [-0.3, -0.25) is 4.79 Å². The summed E-state index contributed by atoms with van der Waals surface area (Å²) in [4.78, 5) is 29.5. The Kier molecular flexibility index (Phi) is 5.44. The molecule has 0 fully saturated rings. The number of pyridine rings is 1. The lowest BCUT2D eigenvalue weighted by Gasteiger charge is -2.12. The van der Waals surface area contributed by atoms with Gasteiger partial charge < -0.3 is 10.1 Å². The number of aromatic nitrogens is 3. The van der Waals surface area contributed by atoms with Crippen molar-refractivity contribution in [3.05, 3.63) is 53.3 Å². The molecule has 1 amide bonds. The number of anilines is 1. The lowest BCUT2D eigenvalue weighted by atomic mass is 10.0. The number of hydrogen-bond acceptors (Lipinski definition) is 5.